The molecule has 0 aromatic heterocycles. The average molecular weight is 273 g/mol. The normalized spacial score (nSPS) is 16.2. The summed E-state index contributed by atoms with van der Waals surface area (Å²) in [4.78, 5) is 13.7. The van der Waals surface area contributed by atoms with Crippen molar-refractivity contribution < 1.29 is 19.0 Å². The first-order valence-corrected chi connectivity index (χ1v) is 7.15. The molecule has 0 aromatic carbocycles. The minimum atomic E-state index is -0.146. The van der Waals surface area contributed by atoms with Gasteiger partial charge in [-0.05, 0) is 19.3 Å². The molecule has 0 aromatic rings. The molecule has 112 valence electrons. The van der Waals surface area contributed by atoms with Gasteiger partial charge < -0.3 is 14.2 Å². The number of ether oxygens (including phenoxy) is 3. The fourth-order valence-electron chi connectivity index (χ4n) is 2.50. The predicted molar refractivity (Wildman–Crippen MR) is 73.2 cm³/mol. The lowest BCUT2D eigenvalue weighted by atomic mass is 10.2. The summed E-state index contributed by atoms with van der Waals surface area (Å²) in [5.41, 5.74) is 0. The zero-order valence-corrected chi connectivity index (χ0v) is 12.2. The van der Waals surface area contributed by atoms with Crippen LogP contribution in [0, 0.1) is 0 Å². The third-order valence-corrected chi connectivity index (χ3v) is 3.57. The Hall–Kier alpha value is -0.650. The smallest absolute Gasteiger partial charge is 0.319 e. The highest BCUT2D eigenvalue weighted by Gasteiger charge is 2.24. The standard InChI is InChI=1S/C14H27NO4/c1-17-10-11-19-9-5-8-15(12-14(16)18-2)13-6-3-4-7-13/h13H,3-12H2,1-2H3. The van der Waals surface area contributed by atoms with Gasteiger partial charge in [-0.25, -0.2) is 0 Å². The molecule has 5 nitrogen and oxygen atoms in total. The van der Waals surface area contributed by atoms with Gasteiger partial charge in [0.25, 0.3) is 0 Å². The van der Waals surface area contributed by atoms with Crippen molar-refractivity contribution in [3.8, 4) is 0 Å². The van der Waals surface area contributed by atoms with Crippen molar-refractivity contribution in [1.82, 2.24) is 4.90 Å². The number of hydrogen-bond donors (Lipinski definition) is 0. The van der Waals surface area contributed by atoms with Crippen LogP contribution >= 0.6 is 0 Å². The molecule has 0 saturated heterocycles. The topological polar surface area (TPSA) is 48.0 Å². The Kier molecular flexibility index (Phi) is 8.79. The summed E-state index contributed by atoms with van der Waals surface area (Å²) < 4.78 is 15.1. The van der Waals surface area contributed by atoms with E-state index in [4.69, 9.17) is 14.2 Å². The van der Waals surface area contributed by atoms with E-state index < -0.39 is 0 Å². The molecule has 0 unspecified atom stereocenters. The van der Waals surface area contributed by atoms with Crippen LogP contribution in [0.5, 0.6) is 0 Å². The highest BCUT2D eigenvalue weighted by atomic mass is 16.5. The van der Waals surface area contributed by atoms with E-state index in [1.807, 2.05) is 0 Å². The van der Waals surface area contributed by atoms with Crippen LogP contribution in [0.3, 0.4) is 0 Å². The minimum absolute atomic E-state index is 0.146. The first-order chi connectivity index (χ1) is 9.27. The van der Waals surface area contributed by atoms with Gasteiger partial charge in [0.2, 0.25) is 0 Å². The molecule has 5 heteroatoms. The summed E-state index contributed by atoms with van der Waals surface area (Å²) in [5, 5.41) is 0. The molecule has 0 amide bonds. The largest absolute Gasteiger partial charge is 0.468 e. The summed E-state index contributed by atoms with van der Waals surface area (Å²) in [6.45, 7) is 3.28. The molecule has 0 atom stereocenters. The van der Waals surface area contributed by atoms with Gasteiger partial charge in [-0.3, -0.25) is 9.69 Å². The van der Waals surface area contributed by atoms with E-state index in [1.165, 1.54) is 32.8 Å². The second-order valence-corrected chi connectivity index (χ2v) is 4.94. The van der Waals surface area contributed by atoms with E-state index in [-0.39, 0.29) is 5.97 Å². The molecule has 0 radical (unpaired) electrons. The third-order valence-electron chi connectivity index (χ3n) is 3.57. The SMILES string of the molecule is COCCOCCCN(CC(=O)OC)C1CCCC1. The zero-order chi connectivity index (χ0) is 13.9. The van der Waals surface area contributed by atoms with Crippen molar-refractivity contribution in [2.24, 2.45) is 0 Å². The molecular weight excluding hydrogens is 246 g/mol. The number of rotatable bonds is 10. The molecule has 0 spiro atoms. The Labute approximate surface area is 116 Å². The van der Waals surface area contributed by atoms with E-state index in [1.54, 1.807) is 7.11 Å². The Morgan fingerprint density at radius 2 is 1.89 bits per heavy atom. The summed E-state index contributed by atoms with van der Waals surface area (Å²) in [6.07, 6.45) is 5.87. The summed E-state index contributed by atoms with van der Waals surface area (Å²) in [6, 6.07) is 0.540. The van der Waals surface area contributed by atoms with Gasteiger partial charge in [-0.1, -0.05) is 12.8 Å². The molecule has 19 heavy (non-hydrogen) atoms. The van der Waals surface area contributed by atoms with Gasteiger partial charge in [0.1, 0.15) is 0 Å². The molecule has 0 N–H and O–H groups in total. The average Bonchev–Trinajstić information content (AvgIpc) is 2.95. The molecule has 0 bridgehead atoms. The lowest BCUT2D eigenvalue weighted by Gasteiger charge is -2.27. The van der Waals surface area contributed by atoms with Crippen LogP contribution in [-0.2, 0) is 19.0 Å². The van der Waals surface area contributed by atoms with E-state index in [2.05, 4.69) is 4.90 Å². The Bertz CT molecular complexity index is 242. The quantitative estimate of drug-likeness (QED) is 0.445. The third kappa shape index (κ3) is 6.89. The predicted octanol–water partition coefficient (Wildman–Crippen LogP) is 1.46. The molecule has 1 rings (SSSR count). The summed E-state index contributed by atoms with van der Waals surface area (Å²) >= 11 is 0. The van der Waals surface area contributed by atoms with E-state index in [0.29, 0.717) is 32.4 Å². The number of carbonyl (C=O) groups is 1. The van der Waals surface area contributed by atoms with Crippen LogP contribution < -0.4 is 0 Å². The van der Waals surface area contributed by atoms with Gasteiger partial charge in [-0.15, -0.1) is 0 Å². The van der Waals surface area contributed by atoms with Crippen molar-refractivity contribution in [3.63, 3.8) is 0 Å². The van der Waals surface area contributed by atoms with Crippen LogP contribution in [-0.4, -0.2) is 64.0 Å². The van der Waals surface area contributed by atoms with Crippen molar-refractivity contribution in [3.05, 3.63) is 0 Å². The van der Waals surface area contributed by atoms with Gasteiger partial charge in [0.05, 0.1) is 26.9 Å². The summed E-state index contributed by atoms with van der Waals surface area (Å²) in [5.74, 6) is -0.146. The van der Waals surface area contributed by atoms with Crippen LogP contribution in [0.25, 0.3) is 0 Å². The fraction of sp³-hybridized carbons (Fsp3) is 0.929. The van der Waals surface area contributed by atoms with Crippen molar-refractivity contribution in [2.45, 2.75) is 38.1 Å². The highest BCUT2D eigenvalue weighted by molar-refractivity contribution is 5.71. The Balaban J connectivity index is 2.22. The number of hydrogen-bond acceptors (Lipinski definition) is 5. The van der Waals surface area contributed by atoms with Gasteiger partial charge >= 0.3 is 5.97 Å². The van der Waals surface area contributed by atoms with E-state index >= 15 is 0 Å². The maximum atomic E-state index is 11.4. The first-order valence-electron chi connectivity index (χ1n) is 7.15. The summed E-state index contributed by atoms with van der Waals surface area (Å²) in [7, 11) is 3.12. The van der Waals surface area contributed by atoms with Gasteiger partial charge in [0, 0.05) is 26.3 Å². The monoisotopic (exact) mass is 273 g/mol. The van der Waals surface area contributed by atoms with Crippen LogP contribution in [0.4, 0.5) is 0 Å². The fourth-order valence-corrected chi connectivity index (χ4v) is 2.50. The molecule has 0 heterocycles. The molecule has 0 aliphatic heterocycles. The maximum Gasteiger partial charge on any atom is 0.319 e. The number of nitrogens with zero attached hydrogens (tertiary/aromatic N) is 1. The van der Waals surface area contributed by atoms with Crippen LogP contribution in [0.1, 0.15) is 32.1 Å². The Morgan fingerprint density at radius 1 is 1.16 bits per heavy atom. The lowest BCUT2D eigenvalue weighted by Crippen LogP contribution is -2.39. The first kappa shape index (κ1) is 16.4. The van der Waals surface area contributed by atoms with Crippen molar-refractivity contribution in [2.75, 3.05) is 47.1 Å². The number of methoxy groups -OCH3 is 2. The maximum absolute atomic E-state index is 11.4. The second kappa shape index (κ2) is 10.2. The number of esters is 1. The van der Waals surface area contributed by atoms with Crippen molar-refractivity contribution in [1.29, 1.82) is 0 Å². The molecule has 1 saturated carbocycles. The second-order valence-electron chi connectivity index (χ2n) is 4.94. The Morgan fingerprint density at radius 3 is 2.53 bits per heavy atom. The number of carbonyl (C=O) groups excluding carboxylic acids is 1. The van der Waals surface area contributed by atoms with Gasteiger partial charge in [-0.2, -0.15) is 0 Å². The van der Waals surface area contributed by atoms with Gasteiger partial charge in [0.15, 0.2) is 0 Å². The van der Waals surface area contributed by atoms with Crippen LogP contribution in [0.2, 0.25) is 0 Å². The molecular formula is C14H27NO4. The zero-order valence-electron chi connectivity index (χ0n) is 12.2. The highest BCUT2D eigenvalue weighted by Crippen LogP contribution is 2.23. The van der Waals surface area contributed by atoms with E-state index in [9.17, 15) is 4.79 Å². The molecule has 1 fully saturated rings. The molecule has 1 aliphatic rings. The van der Waals surface area contributed by atoms with Crippen LogP contribution in [0.15, 0.2) is 0 Å². The van der Waals surface area contributed by atoms with Crippen molar-refractivity contribution >= 4 is 5.97 Å². The molecule has 1 aliphatic carbocycles. The van der Waals surface area contributed by atoms with E-state index in [0.717, 1.165) is 13.0 Å². The lowest BCUT2D eigenvalue weighted by molar-refractivity contribution is -0.142. The minimum Gasteiger partial charge on any atom is -0.468 e.